The van der Waals surface area contributed by atoms with Gasteiger partial charge in [-0.1, -0.05) is 18.2 Å². The van der Waals surface area contributed by atoms with Crippen LogP contribution in [0.3, 0.4) is 0 Å². The number of likely N-dealkylation sites (tertiary alicyclic amines) is 1. The minimum Gasteiger partial charge on any atom is -0.438 e. The van der Waals surface area contributed by atoms with Crippen molar-refractivity contribution in [3.8, 4) is 0 Å². The molecule has 2 N–H and O–H groups in total. The number of fused-ring (bicyclic) bond motifs is 1. The van der Waals surface area contributed by atoms with Gasteiger partial charge < -0.3 is 19.6 Å². The molecule has 1 aliphatic heterocycles. The summed E-state index contributed by atoms with van der Waals surface area (Å²) in [5.41, 5.74) is 2.38. The van der Waals surface area contributed by atoms with E-state index in [1.807, 2.05) is 18.3 Å². The number of nitrogens with one attached hydrogen (secondary N) is 1. The highest BCUT2D eigenvalue weighted by Gasteiger charge is 2.34. The van der Waals surface area contributed by atoms with Gasteiger partial charge in [0.15, 0.2) is 0 Å². The van der Waals surface area contributed by atoms with Crippen molar-refractivity contribution >= 4 is 17.1 Å². The van der Waals surface area contributed by atoms with Crippen LogP contribution in [0.25, 0.3) is 10.9 Å². The summed E-state index contributed by atoms with van der Waals surface area (Å²) in [6.45, 7) is 1.84. The molecule has 3 rings (SSSR count). The van der Waals surface area contributed by atoms with Gasteiger partial charge in [0.05, 0.1) is 7.11 Å². The minimum atomic E-state index is -0.748. The van der Waals surface area contributed by atoms with Gasteiger partial charge in [-0.2, -0.15) is 0 Å². The monoisotopic (exact) mass is 304 g/mol. The lowest BCUT2D eigenvalue weighted by Crippen LogP contribution is -2.29. The van der Waals surface area contributed by atoms with Crippen LogP contribution in [0.15, 0.2) is 30.5 Å². The third-order valence-electron chi connectivity index (χ3n) is 4.10. The molecule has 0 aliphatic carbocycles. The number of carbonyl (C=O) groups is 1. The van der Waals surface area contributed by atoms with E-state index in [4.69, 9.17) is 4.74 Å². The molecule has 22 heavy (non-hydrogen) atoms. The number of benzene rings is 1. The number of H-pyrrole nitrogens is 1. The summed E-state index contributed by atoms with van der Waals surface area (Å²) in [6, 6.07) is 8.19. The summed E-state index contributed by atoms with van der Waals surface area (Å²) in [5, 5.41) is 11.2. The van der Waals surface area contributed by atoms with Crippen molar-refractivity contribution in [2.75, 3.05) is 26.7 Å². The van der Waals surface area contributed by atoms with E-state index in [1.165, 1.54) is 18.1 Å². The number of rotatable bonds is 4. The summed E-state index contributed by atoms with van der Waals surface area (Å²) in [5.74, 6) is 0. The van der Waals surface area contributed by atoms with Crippen LogP contribution < -0.4 is 0 Å². The van der Waals surface area contributed by atoms with Crippen LogP contribution in [0, 0.1) is 0 Å². The molecule has 2 atom stereocenters. The van der Waals surface area contributed by atoms with Crippen molar-refractivity contribution in [3.63, 3.8) is 0 Å². The number of hydrogen-bond acceptors (Lipinski definition) is 5. The second kappa shape index (κ2) is 6.37. The molecule has 0 bridgehead atoms. The highest BCUT2D eigenvalue weighted by Crippen LogP contribution is 2.20. The molecule has 0 amide bonds. The first-order chi connectivity index (χ1) is 10.7. The van der Waals surface area contributed by atoms with E-state index in [1.54, 1.807) is 0 Å². The van der Waals surface area contributed by atoms with Crippen LogP contribution in [0.4, 0.5) is 4.79 Å². The number of β-amino-alcohol motifs (C(OH)–C–C–N with tert-alkyl or cyclic N) is 1. The summed E-state index contributed by atoms with van der Waals surface area (Å²) in [6.07, 6.45) is 0.974. The van der Waals surface area contributed by atoms with Crippen LogP contribution in [-0.4, -0.2) is 60.1 Å². The van der Waals surface area contributed by atoms with Crippen molar-refractivity contribution in [2.45, 2.75) is 18.6 Å². The molecule has 1 saturated heterocycles. The van der Waals surface area contributed by atoms with Gasteiger partial charge in [0, 0.05) is 36.7 Å². The largest absolute Gasteiger partial charge is 0.508 e. The number of nitrogens with zero attached hydrogens (tertiary/aromatic N) is 1. The number of aliphatic hydroxyl groups excluding tert-OH is 1. The lowest BCUT2D eigenvalue weighted by Gasteiger charge is -2.15. The molecule has 1 aromatic carbocycles. The Morgan fingerprint density at radius 2 is 2.23 bits per heavy atom. The van der Waals surface area contributed by atoms with Gasteiger partial charge in [0.25, 0.3) is 0 Å². The van der Waals surface area contributed by atoms with Crippen molar-refractivity contribution in [1.82, 2.24) is 9.88 Å². The first-order valence-electron chi connectivity index (χ1n) is 7.37. The lowest BCUT2D eigenvalue weighted by atomic mass is 10.1. The number of hydrogen-bond donors (Lipinski definition) is 2. The molecule has 2 heterocycles. The molecule has 6 nitrogen and oxygen atoms in total. The topological polar surface area (TPSA) is 74.8 Å². The van der Waals surface area contributed by atoms with Gasteiger partial charge in [-0.25, -0.2) is 4.79 Å². The number of ether oxygens (including phenoxy) is 2. The van der Waals surface area contributed by atoms with E-state index in [0.717, 1.165) is 18.5 Å². The van der Waals surface area contributed by atoms with Gasteiger partial charge in [0.2, 0.25) is 0 Å². The first kappa shape index (κ1) is 14.9. The van der Waals surface area contributed by atoms with E-state index in [0.29, 0.717) is 13.1 Å². The first-order valence-corrected chi connectivity index (χ1v) is 7.37. The average molecular weight is 304 g/mol. The summed E-state index contributed by atoms with van der Waals surface area (Å²) >= 11 is 0. The fourth-order valence-electron chi connectivity index (χ4n) is 2.92. The zero-order valence-electron chi connectivity index (χ0n) is 12.5. The van der Waals surface area contributed by atoms with E-state index in [2.05, 4.69) is 26.8 Å². The highest BCUT2D eigenvalue weighted by atomic mass is 16.7. The van der Waals surface area contributed by atoms with Crippen molar-refractivity contribution in [3.05, 3.63) is 36.0 Å². The molecule has 0 unspecified atom stereocenters. The van der Waals surface area contributed by atoms with E-state index in [9.17, 15) is 9.90 Å². The average Bonchev–Trinajstić information content (AvgIpc) is 3.09. The van der Waals surface area contributed by atoms with Crippen molar-refractivity contribution in [2.24, 2.45) is 0 Å². The predicted molar refractivity (Wildman–Crippen MR) is 81.7 cm³/mol. The van der Waals surface area contributed by atoms with Crippen LogP contribution in [0.5, 0.6) is 0 Å². The third kappa shape index (κ3) is 3.08. The molecule has 118 valence electrons. The molecule has 1 aliphatic rings. The minimum absolute atomic E-state index is 0.504. The molecular formula is C16H20N2O4. The van der Waals surface area contributed by atoms with Crippen LogP contribution in [0.2, 0.25) is 0 Å². The fraction of sp³-hybridized carbons (Fsp3) is 0.438. The molecule has 2 aromatic rings. The standard InChI is InChI=1S/C16H20N2O4/c1-21-16(20)22-15-10-18(9-14(15)19)7-6-11-8-17-13-5-3-2-4-12(11)13/h2-5,8,14-15,17,19H,6-7,9-10H2,1H3/t14-,15+/m1/s1. The van der Waals surface area contributed by atoms with Gasteiger partial charge in [-0.05, 0) is 18.1 Å². The predicted octanol–water partition coefficient (Wildman–Crippen LogP) is 1.54. The fourth-order valence-corrected chi connectivity index (χ4v) is 2.92. The Morgan fingerprint density at radius 1 is 1.41 bits per heavy atom. The molecule has 0 spiro atoms. The lowest BCUT2D eigenvalue weighted by molar-refractivity contribution is -0.00229. The number of aliphatic hydroxyl groups is 1. The van der Waals surface area contributed by atoms with Crippen LogP contribution >= 0.6 is 0 Å². The molecule has 6 heteroatoms. The summed E-state index contributed by atoms with van der Waals surface area (Å²) in [7, 11) is 1.26. The Labute approximate surface area is 128 Å². The maximum Gasteiger partial charge on any atom is 0.508 e. The molecular weight excluding hydrogens is 284 g/mol. The zero-order valence-corrected chi connectivity index (χ0v) is 12.5. The second-order valence-corrected chi connectivity index (χ2v) is 5.55. The van der Waals surface area contributed by atoms with Gasteiger partial charge in [0.1, 0.15) is 12.2 Å². The Hall–Kier alpha value is -2.05. The van der Waals surface area contributed by atoms with E-state index in [-0.39, 0.29) is 0 Å². The Morgan fingerprint density at radius 3 is 3.05 bits per heavy atom. The van der Waals surface area contributed by atoms with Crippen molar-refractivity contribution < 1.29 is 19.4 Å². The maximum absolute atomic E-state index is 11.1. The Balaban J connectivity index is 1.57. The number of carbonyl (C=O) groups excluding carboxylic acids is 1. The highest BCUT2D eigenvalue weighted by molar-refractivity contribution is 5.83. The van der Waals surface area contributed by atoms with Crippen molar-refractivity contribution in [1.29, 1.82) is 0 Å². The number of methoxy groups -OCH3 is 1. The van der Waals surface area contributed by atoms with Crippen LogP contribution in [0.1, 0.15) is 5.56 Å². The van der Waals surface area contributed by atoms with Gasteiger partial charge in [-0.3, -0.25) is 4.90 Å². The maximum atomic E-state index is 11.1. The van der Waals surface area contributed by atoms with E-state index < -0.39 is 18.4 Å². The number of aromatic nitrogens is 1. The second-order valence-electron chi connectivity index (χ2n) is 5.55. The SMILES string of the molecule is COC(=O)O[C@H]1CN(CCc2c[nH]c3ccccc23)C[C@H]1O. The quantitative estimate of drug-likeness (QED) is 0.838. The number of aromatic amines is 1. The van der Waals surface area contributed by atoms with Gasteiger partial charge >= 0.3 is 6.16 Å². The van der Waals surface area contributed by atoms with Gasteiger partial charge in [-0.15, -0.1) is 0 Å². The van der Waals surface area contributed by atoms with E-state index >= 15 is 0 Å². The molecule has 0 saturated carbocycles. The zero-order chi connectivity index (χ0) is 15.5. The third-order valence-corrected chi connectivity index (χ3v) is 4.10. The number of para-hydroxylation sites is 1. The Kier molecular flexibility index (Phi) is 4.31. The van der Waals surface area contributed by atoms with Crippen LogP contribution in [-0.2, 0) is 15.9 Å². The summed E-state index contributed by atoms with van der Waals surface area (Å²) < 4.78 is 9.52. The Bertz CT molecular complexity index is 654. The smallest absolute Gasteiger partial charge is 0.438 e. The summed E-state index contributed by atoms with van der Waals surface area (Å²) in [4.78, 5) is 16.5. The molecule has 1 aromatic heterocycles. The molecule has 0 radical (unpaired) electrons. The normalized spacial score (nSPS) is 22.1. The molecule has 1 fully saturated rings.